The molecular formula is C13H13BrP+. The third kappa shape index (κ3) is 2.30. The van der Waals surface area contributed by atoms with Crippen molar-refractivity contribution in [2.24, 2.45) is 0 Å². The van der Waals surface area contributed by atoms with Gasteiger partial charge in [0.15, 0.2) is 15.5 Å². The molecule has 0 aliphatic carbocycles. The highest BCUT2D eigenvalue weighted by atomic mass is 79.9. The second-order valence-corrected chi connectivity index (χ2v) is 10.7. The minimum absolute atomic E-state index is 1.33. The van der Waals surface area contributed by atoms with Gasteiger partial charge in [-0.2, -0.15) is 0 Å². The second kappa shape index (κ2) is 4.47. The van der Waals surface area contributed by atoms with Crippen LogP contribution in [0.3, 0.4) is 0 Å². The van der Waals surface area contributed by atoms with Crippen LogP contribution in [0.4, 0.5) is 0 Å². The largest absolute Gasteiger partial charge is 0.150 e. The van der Waals surface area contributed by atoms with E-state index in [0.717, 1.165) is 0 Å². The summed E-state index contributed by atoms with van der Waals surface area (Å²) in [6, 6.07) is 21.3. The molecule has 0 unspecified atom stereocenters. The third-order valence-corrected chi connectivity index (χ3v) is 7.48. The Morgan fingerprint density at radius 1 is 0.733 bits per heavy atom. The van der Waals surface area contributed by atoms with Crippen LogP contribution in [0.2, 0.25) is 0 Å². The molecule has 0 spiro atoms. The fraction of sp³-hybridized carbons (Fsp3) is 0.0769. The van der Waals surface area contributed by atoms with Crippen molar-refractivity contribution in [2.45, 2.75) is 0 Å². The van der Waals surface area contributed by atoms with Gasteiger partial charge in [-0.15, -0.1) is 0 Å². The summed E-state index contributed by atoms with van der Waals surface area (Å²) >= 11 is 3.91. The van der Waals surface area contributed by atoms with Gasteiger partial charge in [0.2, 0.25) is 0 Å². The Morgan fingerprint density at radius 3 is 1.40 bits per heavy atom. The zero-order chi connectivity index (χ0) is 10.7. The maximum atomic E-state index is 3.91. The summed E-state index contributed by atoms with van der Waals surface area (Å²) < 4.78 is 0. The topological polar surface area (TPSA) is 0 Å². The summed E-state index contributed by atoms with van der Waals surface area (Å²) in [5.41, 5.74) is 0. The van der Waals surface area contributed by atoms with E-state index in [1.165, 1.54) is 10.6 Å². The van der Waals surface area contributed by atoms with Crippen LogP contribution >= 0.6 is 21.5 Å². The van der Waals surface area contributed by atoms with Gasteiger partial charge in [-0.3, -0.25) is 0 Å². The quantitative estimate of drug-likeness (QED) is 0.737. The van der Waals surface area contributed by atoms with E-state index in [-0.39, 0.29) is 0 Å². The first kappa shape index (κ1) is 10.9. The van der Waals surface area contributed by atoms with Crippen molar-refractivity contribution >= 4 is 32.1 Å². The second-order valence-electron chi connectivity index (χ2n) is 3.57. The highest BCUT2D eigenvalue weighted by molar-refractivity contribution is 9.43. The van der Waals surface area contributed by atoms with Crippen molar-refractivity contribution in [3.8, 4) is 0 Å². The van der Waals surface area contributed by atoms with Crippen LogP contribution in [0.1, 0.15) is 0 Å². The molecule has 0 atom stereocenters. The SMILES string of the molecule is C[P+](Br)(c1ccccc1)c1ccccc1. The van der Waals surface area contributed by atoms with Crippen molar-refractivity contribution in [3.63, 3.8) is 0 Å². The Bertz CT molecular complexity index is 381. The molecule has 0 aliphatic heterocycles. The number of hydrogen-bond acceptors (Lipinski definition) is 0. The van der Waals surface area contributed by atoms with E-state index >= 15 is 0 Å². The maximum absolute atomic E-state index is 3.91. The van der Waals surface area contributed by atoms with Gasteiger partial charge in [-0.25, -0.2) is 0 Å². The molecule has 0 radical (unpaired) electrons. The Morgan fingerprint density at radius 2 is 1.07 bits per heavy atom. The van der Waals surface area contributed by atoms with E-state index in [0.29, 0.717) is 0 Å². The van der Waals surface area contributed by atoms with Crippen LogP contribution in [0.5, 0.6) is 0 Å². The lowest BCUT2D eigenvalue weighted by Gasteiger charge is -2.13. The minimum atomic E-state index is -1.33. The Balaban J connectivity index is 2.44. The number of halogens is 1. The van der Waals surface area contributed by atoms with Gasteiger partial charge < -0.3 is 0 Å². The predicted octanol–water partition coefficient (Wildman–Crippen LogP) is 3.59. The molecule has 2 aromatic carbocycles. The van der Waals surface area contributed by atoms with Crippen LogP contribution in [0.15, 0.2) is 60.7 Å². The Kier molecular flexibility index (Phi) is 3.23. The third-order valence-electron chi connectivity index (χ3n) is 2.48. The fourth-order valence-electron chi connectivity index (χ4n) is 1.56. The van der Waals surface area contributed by atoms with Gasteiger partial charge in [-0.05, 0) is 24.3 Å². The first-order valence-corrected chi connectivity index (χ1v) is 9.14. The molecule has 2 heteroatoms. The smallest absolute Gasteiger partial charge is 0.0620 e. The van der Waals surface area contributed by atoms with E-state index in [2.05, 4.69) is 82.8 Å². The molecule has 0 nitrogen and oxygen atoms in total. The molecule has 2 aromatic rings. The number of hydrogen-bond donors (Lipinski definition) is 0. The first-order chi connectivity index (χ1) is 7.21. The van der Waals surface area contributed by atoms with Crippen molar-refractivity contribution in [1.29, 1.82) is 0 Å². The molecule has 0 amide bonds. The molecule has 0 aromatic heterocycles. The lowest BCUT2D eigenvalue weighted by Crippen LogP contribution is -2.15. The van der Waals surface area contributed by atoms with Crippen LogP contribution in [0.25, 0.3) is 0 Å². The zero-order valence-corrected chi connectivity index (χ0v) is 11.1. The van der Waals surface area contributed by atoms with Crippen molar-refractivity contribution in [2.75, 3.05) is 6.66 Å². The van der Waals surface area contributed by atoms with E-state index < -0.39 is 5.96 Å². The van der Waals surface area contributed by atoms with Crippen LogP contribution < -0.4 is 10.6 Å². The van der Waals surface area contributed by atoms with Crippen LogP contribution in [0, 0.1) is 0 Å². The summed E-state index contributed by atoms with van der Waals surface area (Å²) in [5.74, 6) is -1.33. The summed E-state index contributed by atoms with van der Waals surface area (Å²) in [4.78, 5) is 0. The van der Waals surface area contributed by atoms with Crippen LogP contribution in [-0.2, 0) is 0 Å². The highest BCUT2D eigenvalue weighted by Gasteiger charge is 2.34. The molecule has 0 fully saturated rings. The predicted molar refractivity (Wildman–Crippen MR) is 73.9 cm³/mol. The molecule has 2 rings (SSSR count). The monoisotopic (exact) mass is 279 g/mol. The molecule has 0 heterocycles. The van der Waals surface area contributed by atoms with Gasteiger partial charge in [-0.1, -0.05) is 36.4 Å². The molecule has 0 aliphatic rings. The fourth-order valence-corrected chi connectivity index (χ4v) is 4.75. The molecule has 0 saturated heterocycles. The Hall–Kier alpha value is -0.650. The van der Waals surface area contributed by atoms with Crippen molar-refractivity contribution in [1.82, 2.24) is 0 Å². The van der Waals surface area contributed by atoms with E-state index in [1.54, 1.807) is 0 Å². The average Bonchev–Trinajstić information content (AvgIpc) is 2.31. The summed E-state index contributed by atoms with van der Waals surface area (Å²) in [7, 11) is 0. The molecule has 0 bridgehead atoms. The molecule has 0 N–H and O–H groups in total. The average molecular weight is 280 g/mol. The standard InChI is InChI=1S/C13H13BrP/c1-15(14,12-8-4-2-5-9-12)13-10-6-3-7-11-13/h2-11H,1H3/q+1. The van der Waals surface area contributed by atoms with E-state index in [1.807, 2.05) is 0 Å². The van der Waals surface area contributed by atoms with Gasteiger partial charge in [0.25, 0.3) is 0 Å². The molecule has 15 heavy (non-hydrogen) atoms. The number of rotatable bonds is 2. The summed E-state index contributed by atoms with van der Waals surface area (Å²) in [5, 5.41) is 2.77. The molecule has 76 valence electrons. The lowest BCUT2D eigenvalue weighted by molar-refractivity contribution is 1.75. The van der Waals surface area contributed by atoms with Gasteiger partial charge in [0.05, 0.1) is 6.66 Å². The zero-order valence-electron chi connectivity index (χ0n) is 8.60. The highest BCUT2D eigenvalue weighted by Crippen LogP contribution is 2.60. The minimum Gasteiger partial charge on any atom is -0.0620 e. The van der Waals surface area contributed by atoms with Crippen LogP contribution in [-0.4, -0.2) is 6.66 Å². The van der Waals surface area contributed by atoms with Gasteiger partial charge in [0, 0.05) is 0 Å². The van der Waals surface area contributed by atoms with Gasteiger partial charge in [0.1, 0.15) is 16.6 Å². The summed E-state index contributed by atoms with van der Waals surface area (Å²) in [6.45, 7) is 2.29. The van der Waals surface area contributed by atoms with E-state index in [4.69, 9.17) is 0 Å². The number of benzene rings is 2. The molecule has 0 saturated carbocycles. The summed E-state index contributed by atoms with van der Waals surface area (Å²) in [6.07, 6.45) is 0. The van der Waals surface area contributed by atoms with Crippen molar-refractivity contribution < 1.29 is 0 Å². The van der Waals surface area contributed by atoms with E-state index in [9.17, 15) is 0 Å². The van der Waals surface area contributed by atoms with Crippen molar-refractivity contribution in [3.05, 3.63) is 60.7 Å². The molecular weight excluding hydrogens is 267 g/mol. The lowest BCUT2D eigenvalue weighted by atomic mass is 10.4. The Labute approximate surface area is 99.4 Å². The van der Waals surface area contributed by atoms with Gasteiger partial charge >= 0.3 is 0 Å². The maximum Gasteiger partial charge on any atom is 0.150 e. The normalized spacial score (nSPS) is 11.3. The first-order valence-electron chi connectivity index (χ1n) is 4.88.